The molecule has 1 heterocycles. The minimum Gasteiger partial charge on any atom is -0.454 e. The standard InChI is InChI=1S/C16H14ClNO3/c1-9-3-4-12(5-10(9)2)18-16(19)11-6-13(17)15-14(7-11)20-8-21-15/h3-7H,8H2,1-2H3,(H,18,19). The maximum Gasteiger partial charge on any atom is 0.255 e. The minimum absolute atomic E-state index is 0.122. The van der Waals surface area contributed by atoms with Crippen LogP contribution in [0.1, 0.15) is 21.5 Å². The highest BCUT2D eigenvalue weighted by atomic mass is 35.5. The van der Waals surface area contributed by atoms with Crippen LogP contribution >= 0.6 is 11.6 Å². The molecule has 0 bridgehead atoms. The zero-order chi connectivity index (χ0) is 15.0. The molecule has 1 aliphatic heterocycles. The molecule has 0 unspecified atom stereocenters. The SMILES string of the molecule is Cc1ccc(NC(=O)c2cc(Cl)c3c(c2)OCO3)cc1C. The molecule has 1 amide bonds. The number of carbonyl (C=O) groups is 1. The Hall–Kier alpha value is -2.20. The zero-order valence-corrected chi connectivity index (χ0v) is 12.5. The number of halogens is 1. The number of fused-ring (bicyclic) bond motifs is 1. The number of amides is 1. The number of anilines is 1. The van der Waals surface area contributed by atoms with Crippen molar-refractivity contribution in [1.29, 1.82) is 0 Å². The molecule has 0 atom stereocenters. The van der Waals surface area contributed by atoms with Crippen molar-refractivity contribution in [2.24, 2.45) is 0 Å². The molecule has 0 aliphatic carbocycles. The van der Waals surface area contributed by atoms with Crippen LogP contribution in [0.4, 0.5) is 5.69 Å². The molecule has 2 aromatic carbocycles. The maximum atomic E-state index is 12.3. The molecule has 0 spiro atoms. The highest BCUT2D eigenvalue weighted by Gasteiger charge is 2.20. The fourth-order valence-electron chi connectivity index (χ4n) is 2.12. The van der Waals surface area contributed by atoms with Crippen molar-refractivity contribution >= 4 is 23.2 Å². The van der Waals surface area contributed by atoms with Gasteiger partial charge in [0.2, 0.25) is 6.79 Å². The number of ether oxygens (including phenoxy) is 2. The van der Waals surface area contributed by atoms with Gasteiger partial charge in [-0.15, -0.1) is 0 Å². The van der Waals surface area contributed by atoms with E-state index in [-0.39, 0.29) is 12.7 Å². The van der Waals surface area contributed by atoms with Crippen molar-refractivity contribution in [3.63, 3.8) is 0 Å². The van der Waals surface area contributed by atoms with E-state index in [2.05, 4.69) is 5.32 Å². The third-order valence-corrected chi connectivity index (χ3v) is 3.73. The Kier molecular flexibility index (Phi) is 3.47. The Morgan fingerprint density at radius 3 is 2.71 bits per heavy atom. The first kappa shape index (κ1) is 13.8. The van der Waals surface area contributed by atoms with E-state index in [1.54, 1.807) is 12.1 Å². The summed E-state index contributed by atoms with van der Waals surface area (Å²) in [6.07, 6.45) is 0. The van der Waals surface area contributed by atoms with Crippen LogP contribution < -0.4 is 14.8 Å². The van der Waals surface area contributed by atoms with E-state index in [9.17, 15) is 4.79 Å². The van der Waals surface area contributed by atoms with Crippen molar-refractivity contribution in [3.8, 4) is 11.5 Å². The molecule has 1 aliphatic rings. The lowest BCUT2D eigenvalue weighted by Crippen LogP contribution is -2.12. The summed E-state index contributed by atoms with van der Waals surface area (Å²) in [6.45, 7) is 4.15. The van der Waals surface area contributed by atoms with E-state index in [4.69, 9.17) is 21.1 Å². The molecule has 0 radical (unpaired) electrons. The van der Waals surface area contributed by atoms with E-state index in [1.165, 1.54) is 5.56 Å². The van der Waals surface area contributed by atoms with Gasteiger partial charge in [0.05, 0.1) is 5.02 Å². The molecular formula is C16H14ClNO3. The molecular weight excluding hydrogens is 290 g/mol. The average Bonchev–Trinajstić information content (AvgIpc) is 2.92. The lowest BCUT2D eigenvalue weighted by molar-refractivity contribution is 0.102. The number of nitrogens with one attached hydrogen (secondary N) is 1. The van der Waals surface area contributed by atoms with Gasteiger partial charge < -0.3 is 14.8 Å². The fourth-order valence-corrected chi connectivity index (χ4v) is 2.39. The van der Waals surface area contributed by atoms with Crippen LogP contribution in [0, 0.1) is 13.8 Å². The van der Waals surface area contributed by atoms with E-state index in [0.717, 1.165) is 11.3 Å². The Morgan fingerprint density at radius 2 is 1.95 bits per heavy atom. The third kappa shape index (κ3) is 2.67. The molecule has 0 saturated heterocycles. The number of hydrogen-bond acceptors (Lipinski definition) is 3. The second-order valence-corrected chi connectivity index (χ2v) is 5.35. The van der Waals surface area contributed by atoms with Gasteiger partial charge in [0.1, 0.15) is 0 Å². The average molecular weight is 304 g/mol. The van der Waals surface area contributed by atoms with Gasteiger partial charge in [0.25, 0.3) is 5.91 Å². The van der Waals surface area contributed by atoms with Gasteiger partial charge in [-0.2, -0.15) is 0 Å². The van der Waals surface area contributed by atoms with Crippen LogP contribution in [0.15, 0.2) is 30.3 Å². The van der Waals surface area contributed by atoms with Crippen molar-refractivity contribution in [2.75, 3.05) is 12.1 Å². The summed E-state index contributed by atoms with van der Waals surface area (Å²) < 4.78 is 10.5. The summed E-state index contributed by atoms with van der Waals surface area (Å²) in [7, 11) is 0. The number of aryl methyl sites for hydroxylation is 2. The third-order valence-electron chi connectivity index (χ3n) is 3.45. The Bertz CT molecular complexity index is 728. The largest absolute Gasteiger partial charge is 0.454 e. The molecule has 1 N–H and O–H groups in total. The summed E-state index contributed by atoms with van der Waals surface area (Å²) >= 11 is 6.08. The molecule has 108 valence electrons. The van der Waals surface area contributed by atoms with Crippen molar-refractivity contribution in [2.45, 2.75) is 13.8 Å². The molecule has 2 aromatic rings. The van der Waals surface area contributed by atoms with Crippen molar-refractivity contribution < 1.29 is 14.3 Å². The summed E-state index contributed by atoms with van der Waals surface area (Å²) in [5.41, 5.74) is 3.48. The second-order valence-electron chi connectivity index (χ2n) is 4.95. The number of carbonyl (C=O) groups excluding carboxylic acids is 1. The predicted molar refractivity (Wildman–Crippen MR) is 81.4 cm³/mol. The number of rotatable bonds is 2. The molecule has 0 fully saturated rings. The smallest absolute Gasteiger partial charge is 0.255 e. The van der Waals surface area contributed by atoms with Gasteiger partial charge in [-0.05, 0) is 49.2 Å². The number of hydrogen-bond donors (Lipinski definition) is 1. The predicted octanol–water partition coefficient (Wildman–Crippen LogP) is 3.94. The quantitative estimate of drug-likeness (QED) is 0.914. The summed E-state index contributed by atoms with van der Waals surface area (Å²) in [5, 5.41) is 3.22. The number of benzene rings is 2. The first-order valence-corrected chi connectivity index (χ1v) is 6.90. The van der Waals surface area contributed by atoms with Crippen LogP contribution in [-0.4, -0.2) is 12.7 Å². The maximum absolute atomic E-state index is 12.3. The van der Waals surface area contributed by atoms with Crippen molar-refractivity contribution in [3.05, 3.63) is 52.0 Å². The van der Waals surface area contributed by atoms with E-state index in [1.807, 2.05) is 32.0 Å². The molecule has 21 heavy (non-hydrogen) atoms. The van der Waals surface area contributed by atoms with E-state index in [0.29, 0.717) is 22.1 Å². The second kappa shape index (κ2) is 5.30. The van der Waals surface area contributed by atoms with Gasteiger partial charge in [-0.3, -0.25) is 4.79 Å². The van der Waals surface area contributed by atoms with Gasteiger partial charge in [-0.25, -0.2) is 0 Å². The van der Waals surface area contributed by atoms with Crippen LogP contribution in [-0.2, 0) is 0 Å². The normalized spacial score (nSPS) is 12.3. The molecule has 5 heteroatoms. The first-order valence-electron chi connectivity index (χ1n) is 6.52. The zero-order valence-electron chi connectivity index (χ0n) is 11.7. The monoisotopic (exact) mass is 303 g/mol. The summed E-state index contributed by atoms with van der Waals surface area (Å²) in [6, 6.07) is 8.98. The summed E-state index contributed by atoms with van der Waals surface area (Å²) in [4.78, 5) is 12.3. The van der Waals surface area contributed by atoms with Crippen LogP contribution in [0.25, 0.3) is 0 Å². The highest BCUT2D eigenvalue weighted by Crippen LogP contribution is 2.39. The first-order chi connectivity index (χ1) is 10.0. The van der Waals surface area contributed by atoms with Crippen LogP contribution in [0.3, 0.4) is 0 Å². The Labute approximate surface area is 127 Å². The van der Waals surface area contributed by atoms with Gasteiger partial charge in [-0.1, -0.05) is 17.7 Å². The van der Waals surface area contributed by atoms with E-state index >= 15 is 0 Å². The van der Waals surface area contributed by atoms with Crippen molar-refractivity contribution in [1.82, 2.24) is 0 Å². The lowest BCUT2D eigenvalue weighted by Gasteiger charge is -2.09. The van der Waals surface area contributed by atoms with E-state index < -0.39 is 0 Å². The molecule has 0 saturated carbocycles. The van der Waals surface area contributed by atoms with Gasteiger partial charge in [0.15, 0.2) is 11.5 Å². The minimum atomic E-state index is -0.238. The molecule has 0 aromatic heterocycles. The van der Waals surface area contributed by atoms with Gasteiger partial charge in [0, 0.05) is 11.3 Å². The fraction of sp³-hybridized carbons (Fsp3) is 0.188. The lowest BCUT2D eigenvalue weighted by atomic mass is 10.1. The van der Waals surface area contributed by atoms with Crippen LogP contribution in [0.5, 0.6) is 11.5 Å². The Balaban J connectivity index is 1.85. The topological polar surface area (TPSA) is 47.6 Å². The molecule has 4 nitrogen and oxygen atoms in total. The van der Waals surface area contributed by atoms with Crippen LogP contribution in [0.2, 0.25) is 5.02 Å². The summed E-state index contributed by atoms with van der Waals surface area (Å²) in [5.74, 6) is 0.741. The Morgan fingerprint density at radius 1 is 1.14 bits per heavy atom. The highest BCUT2D eigenvalue weighted by molar-refractivity contribution is 6.32. The molecule has 3 rings (SSSR count). The van der Waals surface area contributed by atoms with Gasteiger partial charge >= 0.3 is 0 Å².